The zero-order valence-electron chi connectivity index (χ0n) is 9.79. The predicted molar refractivity (Wildman–Crippen MR) is 83.5 cm³/mol. The van der Waals surface area contributed by atoms with E-state index in [9.17, 15) is 4.79 Å². The lowest BCUT2D eigenvalue weighted by Crippen LogP contribution is -2.11. The number of alkyl halides is 1. The third-order valence-corrected chi connectivity index (χ3v) is 3.55. The van der Waals surface area contributed by atoms with Crippen molar-refractivity contribution in [3.8, 4) is 0 Å². The molecule has 0 aliphatic heterocycles. The first-order valence-electron chi connectivity index (χ1n) is 5.51. The number of nitrogens with one attached hydrogen (secondary N) is 1. The molecule has 0 atom stereocenters. The number of carbonyl (C=O) groups is 1. The summed E-state index contributed by atoms with van der Waals surface area (Å²) >= 11 is 15.1. The Hall–Kier alpha value is -1.03. The monoisotopic (exact) mass is 357 g/mol. The average molecular weight is 359 g/mol. The van der Waals surface area contributed by atoms with Gasteiger partial charge in [0.25, 0.3) is 5.91 Å². The summed E-state index contributed by atoms with van der Waals surface area (Å²) in [6.07, 6.45) is 0. The van der Waals surface area contributed by atoms with Gasteiger partial charge in [-0.05, 0) is 35.9 Å². The molecular formula is C14H10BrCl2NO. The van der Waals surface area contributed by atoms with Crippen LogP contribution in [0.1, 0.15) is 15.9 Å². The first-order valence-corrected chi connectivity index (χ1v) is 7.38. The SMILES string of the molecule is O=C(Nc1cccc(CBr)c1)c1cc(Cl)cc(Cl)c1. The minimum Gasteiger partial charge on any atom is -0.322 e. The number of rotatable bonds is 3. The molecule has 2 rings (SSSR count). The molecule has 98 valence electrons. The van der Waals surface area contributed by atoms with Crippen LogP contribution in [0.5, 0.6) is 0 Å². The van der Waals surface area contributed by atoms with Gasteiger partial charge in [0, 0.05) is 26.6 Å². The van der Waals surface area contributed by atoms with Crippen molar-refractivity contribution in [3.63, 3.8) is 0 Å². The molecule has 1 amide bonds. The second-order valence-corrected chi connectivity index (χ2v) is 5.38. The largest absolute Gasteiger partial charge is 0.322 e. The zero-order chi connectivity index (χ0) is 13.8. The van der Waals surface area contributed by atoms with Crippen molar-refractivity contribution in [3.05, 3.63) is 63.6 Å². The van der Waals surface area contributed by atoms with E-state index in [-0.39, 0.29) is 5.91 Å². The van der Waals surface area contributed by atoms with Gasteiger partial charge in [0.05, 0.1) is 0 Å². The topological polar surface area (TPSA) is 29.1 Å². The molecule has 0 saturated heterocycles. The van der Waals surface area contributed by atoms with Crippen LogP contribution in [0.4, 0.5) is 5.69 Å². The summed E-state index contributed by atoms with van der Waals surface area (Å²) in [6, 6.07) is 12.3. The molecule has 2 aromatic carbocycles. The van der Waals surface area contributed by atoms with Gasteiger partial charge in [-0.1, -0.05) is 51.3 Å². The number of carbonyl (C=O) groups excluding carboxylic acids is 1. The van der Waals surface area contributed by atoms with Gasteiger partial charge in [-0.2, -0.15) is 0 Å². The fourth-order valence-corrected chi connectivity index (χ4v) is 2.50. The van der Waals surface area contributed by atoms with Crippen molar-refractivity contribution in [2.45, 2.75) is 5.33 Å². The molecule has 0 radical (unpaired) electrons. The average Bonchev–Trinajstić information content (AvgIpc) is 2.37. The smallest absolute Gasteiger partial charge is 0.255 e. The molecule has 0 heterocycles. The van der Waals surface area contributed by atoms with Crippen LogP contribution >= 0.6 is 39.1 Å². The zero-order valence-corrected chi connectivity index (χ0v) is 12.9. The fourth-order valence-electron chi connectivity index (χ4n) is 1.62. The van der Waals surface area contributed by atoms with E-state index in [1.807, 2.05) is 24.3 Å². The van der Waals surface area contributed by atoms with Crippen LogP contribution in [0.3, 0.4) is 0 Å². The summed E-state index contributed by atoms with van der Waals surface area (Å²) in [5.41, 5.74) is 2.25. The lowest BCUT2D eigenvalue weighted by molar-refractivity contribution is 0.102. The van der Waals surface area contributed by atoms with E-state index in [0.717, 1.165) is 16.6 Å². The van der Waals surface area contributed by atoms with Gasteiger partial charge < -0.3 is 5.32 Å². The molecule has 0 aliphatic carbocycles. The third kappa shape index (κ3) is 3.96. The second-order valence-electron chi connectivity index (χ2n) is 3.95. The van der Waals surface area contributed by atoms with Gasteiger partial charge in [0.2, 0.25) is 0 Å². The van der Waals surface area contributed by atoms with Crippen molar-refractivity contribution >= 4 is 50.7 Å². The lowest BCUT2D eigenvalue weighted by atomic mass is 10.2. The van der Waals surface area contributed by atoms with E-state index < -0.39 is 0 Å². The normalized spacial score (nSPS) is 10.3. The minimum absolute atomic E-state index is 0.240. The van der Waals surface area contributed by atoms with E-state index in [2.05, 4.69) is 21.2 Å². The van der Waals surface area contributed by atoms with Crippen LogP contribution in [-0.4, -0.2) is 5.91 Å². The highest BCUT2D eigenvalue weighted by Crippen LogP contribution is 2.20. The number of halogens is 3. The molecule has 0 saturated carbocycles. The highest BCUT2D eigenvalue weighted by atomic mass is 79.9. The maximum Gasteiger partial charge on any atom is 0.255 e. The molecule has 1 N–H and O–H groups in total. The Bertz CT molecular complexity index is 596. The van der Waals surface area contributed by atoms with Gasteiger partial charge in [0.15, 0.2) is 0 Å². The van der Waals surface area contributed by atoms with Crippen LogP contribution in [0.15, 0.2) is 42.5 Å². The van der Waals surface area contributed by atoms with Crippen molar-refractivity contribution < 1.29 is 4.79 Å². The molecule has 5 heteroatoms. The van der Waals surface area contributed by atoms with E-state index >= 15 is 0 Å². The maximum absolute atomic E-state index is 12.1. The molecule has 0 unspecified atom stereocenters. The first kappa shape index (κ1) is 14.4. The Morgan fingerprint density at radius 2 is 1.79 bits per heavy atom. The number of amides is 1. The lowest BCUT2D eigenvalue weighted by Gasteiger charge is -2.07. The molecule has 0 aliphatic rings. The molecule has 0 fully saturated rings. The summed E-state index contributed by atoms with van der Waals surface area (Å²) in [7, 11) is 0. The van der Waals surface area contributed by atoms with Gasteiger partial charge in [-0.3, -0.25) is 4.79 Å². The number of anilines is 1. The van der Waals surface area contributed by atoms with E-state index in [1.54, 1.807) is 18.2 Å². The predicted octanol–water partition coefficient (Wildman–Crippen LogP) is 5.14. The van der Waals surface area contributed by atoms with Crippen molar-refractivity contribution in [1.82, 2.24) is 0 Å². The summed E-state index contributed by atoms with van der Waals surface area (Å²) in [5, 5.41) is 4.42. The molecule has 2 aromatic rings. The van der Waals surface area contributed by atoms with Crippen LogP contribution < -0.4 is 5.32 Å². The Labute approximate surface area is 129 Å². The fraction of sp³-hybridized carbons (Fsp3) is 0.0714. The van der Waals surface area contributed by atoms with Crippen LogP contribution in [0, 0.1) is 0 Å². The molecular weight excluding hydrogens is 349 g/mol. The quantitative estimate of drug-likeness (QED) is 0.756. The third-order valence-electron chi connectivity index (χ3n) is 2.46. The van der Waals surface area contributed by atoms with E-state index in [1.165, 1.54) is 0 Å². The van der Waals surface area contributed by atoms with Gasteiger partial charge in [-0.25, -0.2) is 0 Å². The summed E-state index contributed by atoms with van der Waals surface area (Å²) in [4.78, 5) is 12.1. The van der Waals surface area contributed by atoms with Crippen molar-refractivity contribution in [2.24, 2.45) is 0 Å². The molecule has 19 heavy (non-hydrogen) atoms. The number of hydrogen-bond acceptors (Lipinski definition) is 1. The van der Waals surface area contributed by atoms with Gasteiger partial charge in [0.1, 0.15) is 0 Å². The highest BCUT2D eigenvalue weighted by molar-refractivity contribution is 9.08. The van der Waals surface area contributed by atoms with Crippen molar-refractivity contribution in [1.29, 1.82) is 0 Å². The Morgan fingerprint density at radius 3 is 2.42 bits per heavy atom. The standard InChI is InChI=1S/C14H10BrCl2NO/c15-8-9-2-1-3-13(4-9)18-14(19)10-5-11(16)7-12(17)6-10/h1-7H,8H2,(H,18,19). The molecule has 0 spiro atoms. The molecule has 0 bridgehead atoms. The highest BCUT2D eigenvalue weighted by Gasteiger charge is 2.08. The summed E-state index contributed by atoms with van der Waals surface area (Å²) in [6.45, 7) is 0. The summed E-state index contributed by atoms with van der Waals surface area (Å²) in [5.74, 6) is -0.240. The van der Waals surface area contributed by atoms with Gasteiger partial charge in [-0.15, -0.1) is 0 Å². The Balaban J connectivity index is 2.20. The Morgan fingerprint density at radius 1 is 1.11 bits per heavy atom. The van der Waals surface area contributed by atoms with Crippen LogP contribution in [0.2, 0.25) is 10.0 Å². The van der Waals surface area contributed by atoms with E-state index in [0.29, 0.717) is 15.6 Å². The first-order chi connectivity index (χ1) is 9.08. The number of benzene rings is 2. The van der Waals surface area contributed by atoms with Crippen LogP contribution in [-0.2, 0) is 5.33 Å². The molecule has 0 aromatic heterocycles. The minimum atomic E-state index is -0.240. The second kappa shape index (κ2) is 6.42. The number of hydrogen-bond donors (Lipinski definition) is 1. The Kier molecular flexibility index (Phi) is 4.86. The van der Waals surface area contributed by atoms with E-state index in [4.69, 9.17) is 23.2 Å². The maximum atomic E-state index is 12.1. The van der Waals surface area contributed by atoms with Gasteiger partial charge >= 0.3 is 0 Å². The van der Waals surface area contributed by atoms with Crippen LogP contribution in [0.25, 0.3) is 0 Å². The molecule has 2 nitrogen and oxygen atoms in total. The summed E-state index contributed by atoms with van der Waals surface area (Å²) < 4.78 is 0. The van der Waals surface area contributed by atoms with Crippen molar-refractivity contribution in [2.75, 3.05) is 5.32 Å².